The average Bonchev–Trinajstić information content (AvgIpc) is 2.89. The molecule has 0 amide bonds. The van der Waals surface area contributed by atoms with Crippen molar-refractivity contribution in [3.63, 3.8) is 0 Å². The molecule has 1 fully saturated rings. The Hall–Kier alpha value is -1.16. The Morgan fingerprint density at radius 1 is 1.46 bits per heavy atom. The van der Waals surface area contributed by atoms with Crippen LogP contribution >= 0.6 is 11.6 Å². The van der Waals surface area contributed by atoms with Gasteiger partial charge in [-0.2, -0.15) is 0 Å². The van der Waals surface area contributed by atoms with Gasteiger partial charge in [-0.15, -0.1) is 10.2 Å². The lowest BCUT2D eigenvalue weighted by atomic mass is 10.4. The lowest BCUT2D eigenvalue weighted by Gasteiger charge is -1.99. The third-order valence-corrected chi connectivity index (χ3v) is 1.84. The molecule has 4 nitrogen and oxygen atoms in total. The SMILES string of the molecule is O=C(OC1CC1)c1ccc(Cl)nn1. The molecule has 0 atom stereocenters. The van der Waals surface area contributed by atoms with Crippen molar-refractivity contribution in [2.45, 2.75) is 18.9 Å². The van der Waals surface area contributed by atoms with E-state index < -0.39 is 5.97 Å². The molecular weight excluding hydrogens is 192 g/mol. The normalized spacial score (nSPS) is 15.5. The van der Waals surface area contributed by atoms with Crippen molar-refractivity contribution in [1.29, 1.82) is 0 Å². The summed E-state index contributed by atoms with van der Waals surface area (Å²) in [7, 11) is 0. The zero-order valence-corrected chi connectivity index (χ0v) is 7.49. The number of rotatable bonds is 2. The summed E-state index contributed by atoms with van der Waals surface area (Å²) in [5.74, 6) is -0.424. The van der Waals surface area contributed by atoms with Gasteiger partial charge in [-0.05, 0) is 25.0 Å². The van der Waals surface area contributed by atoms with Crippen molar-refractivity contribution in [3.05, 3.63) is 23.0 Å². The van der Waals surface area contributed by atoms with E-state index in [1.54, 1.807) is 0 Å². The maximum atomic E-state index is 11.2. The molecular formula is C8H7ClN2O2. The maximum Gasteiger partial charge on any atom is 0.359 e. The van der Waals surface area contributed by atoms with Crippen molar-refractivity contribution >= 4 is 17.6 Å². The number of carbonyl (C=O) groups excluding carboxylic acids is 1. The third kappa shape index (κ3) is 2.15. The van der Waals surface area contributed by atoms with Gasteiger partial charge in [-0.3, -0.25) is 0 Å². The highest BCUT2D eigenvalue weighted by Crippen LogP contribution is 2.24. The monoisotopic (exact) mass is 198 g/mol. The van der Waals surface area contributed by atoms with E-state index in [2.05, 4.69) is 10.2 Å². The van der Waals surface area contributed by atoms with Crippen LogP contribution in [0.4, 0.5) is 0 Å². The van der Waals surface area contributed by atoms with Crippen LogP contribution in [0.25, 0.3) is 0 Å². The Morgan fingerprint density at radius 2 is 2.23 bits per heavy atom. The van der Waals surface area contributed by atoms with Gasteiger partial charge in [0.15, 0.2) is 10.8 Å². The summed E-state index contributed by atoms with van der Waals surface area (Å²) in [6.45, 7) is 0. The molecule has 0 spiro atoms. The van der Waals surface area contributed by atoms with Gasteiger partial charge in [0.25, 0.3) is 0 Å². The number of halogens is 1. The topological polar surface area (TPSA) is 52.1 Å². The third-order valence-electron chi connectivity index (χ3n) is 1.64. The van der Waals surface area contributed by atoms with E-state index in [9.17, 15) is 4.79 Å². The van der Waals surface area contributed by atoms with Crippen LogP contribution in [0, 0.1) is 0 Å². The van der Waals surface area contributed by atoms with Crippen LogP contribution in [0.3, 0.4) is 0 Å². The molecule has 0 aliphatic heterocycles. The van der Waals surface area contributed by atoms with E-state index >= 15 is 0 Å². The predicted molar refractivity (Wildman–Crippen MR) is 45.5 cm³/mol. The van der Waals surface area contributed by atoms with E-state index in [1.165, 1.54) is 12.1 Å². The largest absolute Gasteiger partial charge is 0.458 e. The summed E-state index contributed by atoms with van der Waals surface area (Å²) < 4.78 is 5.00. The second-order valence-electron chi connectivity index (χ2n) is 2.85. The molecule has 5 heteroatoms. The van der Waals surface area contributed by atoms with Gasteiger partial charge in [0, 0.05) is 0 Å². The average molecular weight is 199 g/mol. The summed E-state index contributed by atoms with van der Waals surface area (Å²) in [4.78, 5) is 11.2. The van der Waals surface area contributed by atoms with Crippen molar-refractivity contribution in [1.82, 2.24) is 10.2 Å². The summed E-state index contributed by atoms with van der Waals surface area (Å²) in [6.07, 6.45) is 1.99. The fourth-order valence-corrected chi connectivity index (χ4v) is 0.923. The quantitative estimate of drug-likeness (QED) is 0.675. The molecule has 0 saturated heterocycles. The molecule has 0 radical (unpaired) electrons. The van der Waals surface area contributed by atoms with E-state index in [0.29, 0.717) is 0 Å². The molecule has 0 aromatic carbocycles. The van der Waals surface area contributed by atoms with E-state index in [0.717, 1.165) is 12.8 Å². The molecule has 1 aromatic heterocycles. The van der Waals surface area contributed by atoms with Gasteiger partial charge < -0.3 is 4.74 Å². The fourth-order valence-electron chi connectivity index (χ4n) is 0.823. The van der Waals surface area contributed by atoms with Crippen molar-refractivity contribution in [2.75, 3.05) is 0 Å². The molecule has 2 rings (SSSR count). The Labute approximate surface area is 79.9 Å². The van der Waals surface area contributed by atoms with E-state index in [4.69, 9.17) is 16.3 Å². The number of aromatic nitrogens is 2. The Bertz CT molecular complexity index is 321. The Kier molecular flexibility index (Phi) is 2.14. The first kappa shape index (κ1) is 8.44. The lowest BCUT2D eigenvalue weighted by Crippen LogP contribution is -2.09. The molecule has 0 unspecified atom stereocenters. The van der Waals surface area contributed by atoms with Gasteiger partial charge in [0.05, 0.1) is 0 Å². The van der Waals surface area contributed by atoms with Crippen LogP contribution in [0.2, 0.25) is 5.15 Å². The first-order chi connectivity index (χ1) is 6.25. The minimum Gasteiger partial charge on any atom is -0.458 e. The summed E-state index contributed by atoms with van der Waals surface area (Å²) >= 11 is 5.51. The fraction of sp³-hybridized carbons (Fsp3) is 0.375. The van der Waals surface area contributed by atoms with Gasteiger partial charge >= 0.3 is 5.97 Å². The smallest absolute Gasteiger partial charge is 0.359 e. The number of hydrogen-bond acceptors (Lipinski definition) is 4. The first-order valence-electron chi connectivity index (χ1n) is 3.96. The predicted octanol–water partition coefficient (Wildman–Crippen LogP) is 1.45. The highest BCUT2D eigenvalue weighted by Gasteiger charge is 2.27. The number of nitrogens with zero attached hydrogens (tertiary/aromatic N) is 2. The van der Waals surface area contributed by atoms with Crippen LogP contribution < -0.4 is 0 Å². The lowest BCUT2D eigenvalue weighted by molar-refractivity contribution is 0.0464. The minimum atomic E-state index is -0.424. The van der Waals surface area contributed by atoms with E-state index in [-0.39, 0.29) is 17.0 Å². The number of hydrogen-bond donors (Lipinski definition) is 0. The number of ether oxygens (including phenoxy) is 1. The molecule has 1 aliphatic rings. The summed E-state index contributed by atoms with van der Waals surface area (Å²) in [5, 5.41) is 7.41. The molecule has 0 N–H and O–H groups in total. The van der Waals surface area contributed by atoms with Gasteiger partial charge in [0.2, 0.25) is 0 Å². The molecule has 1 heterocycles. The van der Waals surface area contributed by atoms with Crippen molar-refractivity contribution in [2.24, 2.45) is 0 Å². The first-order valence-corrected chi connectivity index (χ1v) is 4.34. The number of esters is 1. The van der Waals surface area contributed by atoms with Crippen LogP contribution in [0.5, 0.6) is 0 Å². The molecule has 0 bridgehead atoms. The minimum absolute atomic E-state index is 0.0879. The Balaban J connectivity index is 2.05. The standard InChI is InChI=1S/C8H7ClN2O2/c9-7-4-3-6(10-11-7)8(12)13-5-1-2-5/h3-5H,1-2H2. The molecule has 13 heavy (non-hydrogen) atoms. The molecule has 68 valence electrons. The van der Waals surface area contributed by atoms with Crippen LogP contribution in [-0.4, -0.2) is 22.3 Å². The summed E-state index contributed by atoms with van der Waals surface area (Å²) in [5.41, 5.74) is 0.205. The molecule has 1 aromatic rings. The second kappa shape index (κ2) is 3.30. The van der Waals surface area contributed by atoms with Crippen molar-refractivity contribution < 1.29 is 9.53 Å². The van der Waals surface area contributed by atoms with Gasteiger partial charge in [-0.25, -0.2) is 4.79 Å². The second-order valence-corrected chi connectivity index (χ2v) is 3.23. The van der Waals surface area contributed by atoms with Crippen LogP contribution in [-0.2, 0) is 4.74 Å². The zero-order valence-electron chi connectivity index (χ0n) is 6.74. The van der Waals surface area contributed by atoms with E-state index in [1.807, 2.05) is 0 Å². The zero-order chi connectivity index (χ0) is 9.26. The Morgan fingerprint density at radius 3 is 2.77 bits per heavy atom. The van der Waals surface area contributed by atoms with Crippen molar-refractivity contribution in [3.8, 4) is 0 Å². The highest BCUT2D eigenvalue weighted by atomic mass is 35.5. The molecule has 1 saturated carbocycles. The van der Waals surface area contributed by atoms with Crippen LogP contribution in [0.1, 0.15) is 23.3 Å². The van der Waals surface area contributed by atoms with Gasteiger partial charge in [0.1, 0.15) is 6.10 Å². The molecule has 1 aliphatic carbocycles. The maximum absolute atomic E-state index is 11.2. The number of carbonyl (C=O) groups is 1. The van der Waals surface area contributed by atoms with Gasteiger partial charge in [-0.1, -0.05) is 11.6 Å². The summed E-state index contributed by atoms with van der Waals surface area (Å²) in [6, 6.07) is 3.01. The van der Waals surface area contributed by atoms with Crippen LogP contribution in [0.15, 0.2) is 12.1 Å². The highest BCUT2D eigenvalue weighted by molar-refractivity contribution is 6.29.